The third-order valence-corrected chi connectivity index (χ3v) is 4.87. The summed E-state index contributed by atoms with van der Waals surface area (Å²) < 4.78 is 0. The van der Waals surface area contributed by atoms with E-state index >= 15 is 0 Å². The molecule has 0 spiro atoms. The molecule has 0 amide bonds. The molecule has 0 saturated heterocycles. The second kappa shape index (κ2) is 9.22. The minimum Gasteiger partial charge on any atom is -0.310 e. The lowest BCUT2D eigenvalue weighted by Crippen LogP contribution is -2.34. The molecule has 2 heteroatoms. The highest BCUT2D eigenvalue weighted by Gasteiger charge is 2.18. The topological polar surface area (TPSA) is 15.3 Å². The van der Waals surface area contributed by atoms with E-state index in [1.165, 1.54) is 57.1 Å². The van der Waals surface area contributed by atoms with Crippen LogP contribution in [-0.4, -0.2) is 31.1 Å². The summed E-state index contributed by atoms with van der Waals surface area (Å²) in [5.41, 5.74) is 1.42. The van der Waals surface area contributed by atoms with Gasteiger partial charge in [-0.25, -0.2) is 0 Å². The quantitative estimate of drug-likeness (QED) is 0.749. The van der Waals surface area contributed by atoms with Crippen molar-refractivity contribution in [2.45, 2.75) is 64.0 Å². The van der Waals surface area contributed by atoms with E-state index in [4.69, 9.17) is 0 Å². The van der Waals surface area contributed by atoms with E-state index in [-0.39, 0.29) is 0 Å². The first kappa shape index (κ1) is 16.5. The van der Waals surface area contributed by atoms with Crippen LogP contribution in [0.4, 0.5) is 0 Å². The molecule has 1 N–H and O–H groups in total. The Bertz CT molecular complexity index is 368. The molecule has 1 aromatic rings. The van der Waals surface area contributed by atoms with Crippen molar-refractivity contribution in [2.24, 2.45) is 0 Å². The standard InChI is InChI=1S/C19H32N2/c1-3-20-19(17-11-7-6-8-12-17)15-16-21(2)18-13-9-4-5-10-14-18/h6-8,11-12,18-20H,3-5,9-10,13-16H2,1-2H3. The Morgan fingerprint density at radius 1 is 1.10 bits per heavy atom. The van der Waals surface area contributed by atoms with Crippen LogP contribution in [0.1, 0.15) is 63.5 Å². The van der Waals surface area contributed by atoms with Gasteiger partial charge in [-0.05, 0) is 45.0 Å². The van der Waals surface area contributed by atoms with E-state index in [1.807, 2.05) is 0 Å². The average molecular weight is 288 g/mol. The number of nitrogens with zero attached hydrogens (tertiary/aromatic N) is 1. The summed E-state index contributed by atoms with van der Waals surface area (Å²) in [5, 5.41) is 3.64. The summed E-state index contributed by atoms with van der Waals surface area (Å²) in [6, 6.07) is 12.2. The first-order chi connectivity index (χ1) is 10.3. The van der Waals surface area contributed by atoms with Crippen molar-refractivity contribution in [3.63, 3.8) is 0 Å². The lowest BCUT2D eigenvalue weighted by atomic mass is 10.0. The van der Waals surface area contributed by atoms with E-state index in [1.54, 1.807) is 0 Å². The predicted molar refractivity (Wildman–Crippen MR) is 91.6 cm³/mol. The van der Waals surface area contributed by atoms with Crippen LogP contribution >= 0.6 is 0 Å². The first-order valence-corrected chi connectivity index (χ1v) is 8.80. The molecule has 2 nitrogen and oxygen atoms in total. The molecule has 1 unspecified atom stereocenters. The van der Waals surface area contributed by atoms with Crippen LogP contribution in [0.3, 0.4) is 0 Å². The monoisotopic (exact) mass is 288 g/mol. The number of hydrogen-bond donors (Lipinski definition) is 1. The van der Waals surface area contributed by atoms with Gasteiger partial charge in [0.05, 0.1) is 0 Å². The normalized spacial score (nSPS) is 18.6. The lowest BCUT2D eigenvalue weighted by Gasteiger charge is -2.29. The average Bonchev–Trinajstić information content (AvgIpc) is 2.81. The number of rotatable bonds is 7. The lowest BCUT2D eigenvalue weighted by molar-refractivity contribution is 0.210. The van der Waals surface area contributed by atoms with Crippen molar-refractivity contribution in [2.75, 3.05) is 20.1 Å². The first-order valence-electron chi connectivity index (χ1n) is 8.80. The summed E-state index contributed by atoms with van der Waals surface area (Å²) >= 11 is 0. The van der Waals surface area contributed by atoms with E-state index < -0.39 is 0 Å². The van der Waals surface area contributed by atoms with Crippen molar-refractivity contribution in [1.29, 1.82) is 0 Å². The van der Waals surface area contributed by atoms with Gasteiger partial charge in [-0.15, -0.1) is 0 Å². The Morgan fingerprint density at radius 2 is 1.76 bits per heavy atom. The molecule has 118 valence electrons. The van der Waals surface area contributed by atoms with Gasteiger partial charge < -0.3 is 10.2 Å². The van der Waals surface area contributed by atoms with E-state index in [0.717, 1.165) is 12.6 Å². The van der Waals surface area contributed by atoms with Crippen LogP contribution < -0.4 is 5.32 Å². The van der Waals surface area contributed by atoms with E-state index in [0.29, 0.717) is 6.04 Å². The molecule has 0 aliphatic heterocycles. The summed E-state index contributed by atoms with van der Waals surface area (Å²) in [7, 11) is 2.32. The highest BCUT2D eigenvalue weighted by Crippen LogP contribution is 2.23. The zero-order valence-corrected chi connectivity index (χ0v) is 13.9. The van der Waals surface area contributed by atoms with Gasteiger partial charge in [0.15, 0.2) is 0 Å². The number of nitrogens with one attached hydrogen (secondary N) is 1. The maximum absolute atomic E-state index is 3.64. The minimum absolute atomic E-state index is 0.490. The second-order valence-electron chi connectivity index (χ2n) is 6.44. The van der Waals surface area contributed by atoms with Gasteiger partial charge in [-0.1, -0.05) is 62.9 Å². The van der Waals surface area contributed by atoms with Crippen molar-refractivity contribution >= 4 is 0 Å². The van der Waals surface area contributed by atoms with Crippen LogP contribution in [0.15, 0.2) is 30.3 Å². The molecule has 0 heterocycles. The van der Waals surface area contributed by atoms with E-state index in [9.17, 15) is 0 Å². The van der Waals surface area contributed by atoms with Crippen molar-refractivity contribution in [3.8, 4) is 0 Å². The zero-order valence-electron chi connectivity index (χ0n) is 13.9. The van der Waals surface area contributed by atoms with Gasteiger partial charge in [-0.3, -0.25) is 0 Å². The smallest absolute Gasteiger partial charge is 0.0332 e. The van der Waals surface area contributed by atoms with Crippen LogP contribution in [0.5, 0.6) is 0 Å². The molecular formula is C19H32N2. The highest BCUT2D eigenvalue weighted by molar-refractivity contribution is 5.18. The third kappa shape index (κ3) is 5.44. The van der Waals surface area contributed by atoms with Crippen molar-refractivity contribution in [1.82, 2.24) is 10.2 Å². The van der Waals surface area contributed by atoms with Crippen LogP contribution in [-0.2, 0) is 0 Å². The van der Waals surface area contributed by atoms with Crippen LogP contribution in [0, 0.1) is 0 Å². The van der Waals surface area contributed by atoms with Gasteiger partial charge in [0.1, 0.15) is 0 Å². The maximum atomic E-state index is 3.64. The Kier molecular flexibility index (Phi) is 7.25. The van der Waals surface area contributed by atoms with Gasteiger partial charge in [0, 0.05) is 12.1 Å². The Morgan fingerprint density at radius 3 is 2.38 bits per heavy atom. The number of benzene rings is 1. The molecule has 0 bridgehead atoms. The summed E-state index contributed by atoms with van der Waals surface area (Å²) in [5.74, 6) is 0. The number of hydrogen-bond acceptors (Lipinski definition) is 2. The highest BCUT2D eigenvalue weighted by atomic mass is 15.1. The molecule has 1 aliphatic rings. The molecule has 1 fully saturated rings. The third-order valence-electron chi connectivity index (χ3n) is 4.87. The molecule has 2 rings (SSSR count). The van der Waals surface area contributed by atoms with Crippen molar-refractivity contribution < 1.29 is 0 Å². The molecule has 21 heavy (non-hydrogen) atoms. The SMILES string of the molecule is CCNC(CCN(C)C1CCCCCC1)c1ccccc1. The van der Waals surface area contributed by atoms with Crippen LogP contribution in [0.25, 0.3) is 0 Å². The van der Waals surface area contributed by atoms with Gasteiger partial charge in [0.25, 0.3) is 0 Å². The summed E-state index contributed by atoms with van der Waals surface area (Å²) in [6.45, 7) is 4.43. The Hall–Kier alpha value is -0.860. The fourth-order valence-corrected chi connectivity index (χ4v) is 3.53. The predicted octanol–water partition coefficient (Wildman–Crippen LogP) is 4.38. The van der Waals surface area contributed by atoms with Gasteiger partial charge in [-0.2, -0.15) is 0 Å². The summed E-state index contributed by atoms with van der Waals surface area (Å²) in [4.78, 5) is 2.61. The van der Waals surface area contributed by atoms with E-state index in [2.05, 4.69) is 54.5 Å². The minimum atomic E-state index is 0.490. The van der Waals surface area contributed by atoms with Gasteiger partial charge >= 0.3 is 0 Å². The fourth-order valence-electron chi connectivity index (χ4n) is 3.53. The molecule has 1 aromatic carbocycles. The Labute approximate surface area is 130 Å². The molecule has 1 saturated carbocycles. The Balaban J connectivity index is 1.86. The van der Waals surface area contributed by atoms with Crippen molar-refractivity contribution in [3.05, 3.63) is 35.9 Å². The summed E-state index contributed by atoms with van der Waals surface area (Å²) in [6.07, 6.45) is 9.71. The maximum Gasteiger partial charge on any atom is 0.0332 e. The fraction of sp³-hybridized carbons (Fsp3) is 0.684. The molecule has 1 atom stereocenters. The largest absolute Gasteiger partial charge is 0.310 e. The molecular weight excluding hydrogens is 256 g/mol. The second-order valence-corrected chi connectivity index (χ2v) is 6.44. The zero-order chi connectivity index (χ0) is 14.9. The molecule has 1 aliphatic carbocycles. The molecule has 0 radical (unpaired) electrons. The molecule has 0 aromatic heterocycles. The van der Waals surface area contributed by atoms with Crippen LogP contribution in [0.2, 0.25) is 0 Å². The van der Waals surface area contributed by atoms with Gasteiger partial charge in [0.2, 0.25) is 0 Å².